The Morgan fingerprint density at radius 1 is 1.52 bits per heavy atom. The van der Waals surface area contributed by atoms with E-state index >= 15 is 0 Å². The van der Waals surface area contributed by atoms with Gasteiger partial charge in [-0.2, -0.15) is 0 Å². The number of halogens is 2. The molecule has 0 aliphatic heterocycles. The number of nitrogens with zero attached hydrogens (tertiary/aromatic N) is 2. The number of alkyl halides is 2. The van der Waals surface area contributed by atoms with Crippen LogP contribution in [0, 0.1) is 5.41 Å². The number of hydrogen-bond acceptors (Lipinski definition) is 6. The van der Waals surface area contributed by atoms with Gasteiger partial charge in [-0.1, -0.05) is 29.2 Å². The number of thiophene rings is 1. The molecule has 112 valence electrons. The van der Waals surface area contributed by atoms with Crippen molar-refractivity contribution in [3.63, 3.8) is 0 Å². The Morgan fingerprint density at radius 2 is 2.29 bits per heavy atom. The molecule has 9 heteroatoms. The quantitative estimate of drug-likeness (QED) is 0.474. The SMILES string of the molecule is CC1(C(=O)Nc2nnc(SCc3cccs3)s2)CC1(Cl)Cl. The van der Waals surface area contributed by atoms with Crippen LogP contribution in [0.1, 0.15) is 18.2 Å². The van der Waals surface area contributed by atoms with Crippen molar-refractivity contribution in [2.45, 2.75) is 27.8 Å². The number of hydrogen-bond donors (Lipinski definition) is 1. The van der Waals surface area contributed by atoms with E-state index in [0.29, 0.717) is 11.6 Å². The lowest BCUT2D eigenvalue weighted by Gasteiger charge is -2.09. The molecule has 3 rings (SSSR count). The van der Waals surface area contributed by atoms with Gasteiger partial charge >= 0.3 is 0 Å². The van der Waals surface area contributed by atoms with Crippen molar-refractivity contribution in [2.24, 2.45) is 5.41 Å². The summed E-state index contributed by atoms with van der Waals surface area (Å²) < 4.78 is -0.152. The second kappa shape index (κ2) is 5.70. The van der Waals surface area contributed by atoms with E-state index in [1.165, 1.54) is 16.2 Å². The first-order valence-electron chi connectivity index (χ1n) is 6.09. The lowest BCUT2D eigenvalue weighted by Crippen LogP contribution is -2.25. The lowest BCUT2D eigenvalue weighted by atomic mass is 10.1. The number of carbonyl (C=O) groups is 1. The summed E-state index contributed by atoms with van der Waals surface area (Å²) in [5, 5.41) is 13.3. The van der Waals surface area contributed by atoms with Crippen LogP contribution in [-0.4, -0.2) is 20.4 Å². The summed E-state index contributed by atoms with van der Waals surface area (Å²) in [5.74, 6) is 0.642. The fourth-order valence-electron chi connectivity index (χ4n) is 1.73. The minimum atomic E-state index is -0.974. The maximum atomic E-state index is 12.1. The molecule has 2 aromatic rings. The standard InChI is InChI=1S/C12H11Cl2N3OS3/c1-11(6-12(11,13)14)8(18)15-9-16-17-10(21-9)20-5-7-3-2-4-19-7/h2-4H,5-6H2,1H3,(H,15,16,18). The van der Waals surface area contributed by atoms with E-state index in [1.807, 2.05) is 11.4 Å². The average molecular weight is 380 g/mol. The lowest BCUT2D eigenvalue weighted by molar-refractivity contribution is -0.120. The number of nitrogens with one attached hydrogen (secondary N) is 1. The van der Waals surface area contributed by atoms with Crippen molar-refractivity contribution in [1.29, 1.82) is 0 Å². The van der Waals surface area contributed by atoms with E-state index in [2.05, 4.69) is 21.6 Å². The first kappa shape index (κ1) is 15.6. The van der Waals surface area contributed by atoms with E-state index in [9.17, 15) is 4.79 Å². The third-order valence-electron chi connectivity index (χ3n) is 3.30. The van der Waals surface area contributed by atoms with Crippen molar-refractivity contribution in [2.75, 3.05) is 5.32 Å². The fraction of sp³-hybridized carbons (Fsp3) is 0.417. The zero-order valence-electron chi connectivity index (χ0n) is 10.9. The van der Waals surface area contributed by atoms with Crippen LogP contribution in [0.25, 0.3) is 0 Å². The molecule has 0 saturated heterocycles. The highest BCUT2D eigenvalue weighted by atomic mass is 35.5. The highest BCUT2D eigenvalue weighted by Crippen LogP contribution is 2.64. The number of rotatable bonds is 5. The van der Waals surface area contributed by atoms with Crippen molar-refractivity contribution >= 4 is 68.7 Å². The Labute approximate surface area is 144 Å². The molecule has 2 heterocycles. The zero-order valence-corrected chi connectivity index (χ0v) is 14.9. The molecule has 4 nitrogen and oxygen atoms in total. The average Bonchev–Trinajstić information content (AvgIpc) is 2.90. The van der Waals surface area contributed by atoms with Gasteiger partial charge in [0.15, 0.2) is 4.34 Å². The first-order valence-corrected chi connectivity index (χ1v) is 9.52. The van der Waals surface area contributed by atoms with Gasteiger partial charge in [-0.15, -0.1) is 44.7 Å². The summed E-state index contributed by atoms with van der Waals surface area (Å²) >= 11 is 16.6. The Bertz CT molecular complexity index is 659. The molecule has 1 amide bonds. The van der Waals surface area contributed by atoms with Gasteiger partial charge in [-0.3, -0.25) is 10.1 Å². The van der Waals surface area contributed by atoms with Crippen LogP contribution in [0.4, 0.5) is 5.13 Å². The molecule has 0 aromatic carbocycles. The minimum Gasteiger partial charge on any atom is -0.300 e. The maximum absolute atomic E-state index is 12.1. The summed E-state index contributed by atoms with van der Waals surface area (Å²) in [6.45, 7) is 1.75. The van der Waals surface area contributed by atoms with Gasteiger partial charge < -0.3 is 0 Å². The largest absolute Gasteiger partial charge is 0.300 e. The highest BCUT2D eigenvalue weighted by molar-refractivity contribution is 8.00. The Kier molecular flexibility index (Phi) is 4.22. The Hall–Kier alpha value is -0.340. The maximum Gasteiger partial charge on any atom is 0.235 e. The van der Waals surface area contributed by atoms with Gasteiger partial charge in [0.1, 0.15) is 4.33 Å². The predicted molar refractivity (Wildman–Crippen MR) is 89.6 cm³/mol. The molecule has 0 bridgehead atoms. The second-order valence-corrected chi connectivity index (χ2v) is 9.62. The van der Waals surface area contributed by atoms with Crippen LogP contribution in [0.15, 0.2) is 21.9 Å². The Balaban J connectivity index is 1.57. The molecule has 0 spiro atoms. The van der Waals surface area contributed by atoms with Gasteiger partial charge in [0.25, 0.3) is 0 Å². The summed E-state index contributed by atoms with van der Waals surface area (Å²) in [6, 6.07) is 4.10. The number of thioether (sulfide) groups is 1. The molecule has 1 saturated carbocycles. The van der Waals surface area contributed by atoms with Crippen molar-refractivity contribution in [1.82, 2.24) is 10.2 Å². The van der Waals surface area contributed by atoms with Crippen LogP contribution in [-0.2, 0) is 10.5 Å². The predicted octanol–water partition coefficient (Wildman–Crippen LogP) is 4.41. The topological polar surface area (TPSA) is 54.9 Å². The smallest absolute Gasteiger partial charge is 0.235 e. The van der Waals surface area contributed by atoms with Crippen LogP contribution < -0.4 is 5.32 Å². The molecule has 1 atom stereocenters. The molecular formula is C12H11Cl2N3OS3. The van der Waals surface area contributed by atoms with Gasteiger partial charge in [0.2, 0.25) is 11.0 Å². The molecule has 21 heavy (non-hydrogen) atoms. The summed E-state index contributed by atoms with van der Waals surface area (Å²) in [5.41, 5.74) is -0.744. The zero-order chi connectivity index (χ0) is 15.1. The molecule has 1 aliphatic rings. The van der Waals surface area contributed by atoms with Crippen LogP contribution in [0.2, 0.25) is 0 Å². The summed E-state index contributed by atoms with van der Waals surface area (Å²) in [6.07, 6.45) is 0.452. The van der Waals surface area contributed by atoms with E-state index in [-0.39, 0.29) is 5.91 Å². The molecule has 1 N–H and O–H groups in total. The summed E-state index contributed by atoms with van der Waals surface area (Å²) in [4.78, 5) is 13.4. The molecule has 2 aromatic heterocycles. The van der Waals surface area contributed by atoms with Crippen molar-refractivity contribution < 1.29 is 4.79 Å². The van der Waals surface area contributed by atoms with Gasteiger partial charge in [-0.25, -0.2) is 0 Å². The van der Waals surface area contributed by atoms with E-state index in [0.717, 1.165) is 10.1 Å². The van der Waals surface area contributed by atoms with Crippen molar-refractivity contribution in [3.05, 3.63) is 22.4 Å². The normalized spacial score (nSPS) is 23.0. The fourth-order valence-corrected chi connectivity index (χ4v) is 4.95. The number of carbonyl (C=O) groups excluding carboxylic acids is 1. The van der Waals surface area contributed by atoms with Crippen LogP contribution in [0.5, 0.6) is 0 Å². The van der Waals surface area contributed by atoms with Gasteiger partial charge in [0, 0.05) is 10.6 Å². The number of anilines is 1. The van der Waals surface area contributed by atoms with Crippen LogP contribution >= 0.6 is 57.6 Å². The highest BCUT2D eigenvalue weighted by Gasteiger charge is 2.68. The van der Waals surface area contributed by atoms with Gasteiger partial charge in [0.05, 0.1) is 5.41 Å². The monoisotopic (exact) mass is 379 g/mol. The second-order valence-electron chi connectivity index (χ2n) is 4.91. The summed E-state index contributed by atoms with van der Waals surface area (Å²) in [7, 11) is 0. The number of amides is 1. The Morgan fingerprint density at radius 3 is 2.90 bits per heavy atom. The molecule has 1 aliphatic carbocycles. The third-order valence-corrected chi connectivity index (χ3v) is 7.49. The van der Waals surface area contributed by atoms with Gasteiger partial charge in [-0.05, 0) is 24.8 Å². The molecule has 0 radical (unpaired) electrons. The van der Waals surface area contributed by atoms with Crippen molar-refractivity contribution in [3.8, 4) is 0 Å². The third kappa shape index (κ3) is 3.22. The number of aromatic nitrogens is 2. The van der Waals surface area contributed by atoms with E-state index < -0.39 is 9.75 Å². The molecule has 1 unspecified atom stereocenters. The van der Waals surface area contributed by atoms with Crippen LogP contribution in [0.3, 0.4) is 0 Å². The minimum absolute atomic E-state index is 0.210. The first-order chi connectivity index (χ1) is 9.91. The van der Waals surface area contributed by atoms with E-state index in [1.54, 1.807) is 30.0 Å². The molecular weight excluding hydrogens is 369 g/mol. The molecule has 1 fully saturated rings. The van der Waals surface area contributed by atoms with E-state index in [4.69, 9.17) is 23.2 Å².